The van der Waals surface area contributed by atoms with Gasteiger partial charge in [-0.05, 0) is 30.7 Å². The standard InChI is InChI=1S/C20H24ClN3O3S/c21-19-10-5-4-9-18(19)20(25)22-11-6-16-28(26,27)24-14-12-23(13-15-24)17-7-2-1-3-8-17/h1-5,7-10H,6,11-16H2,(H,22,25). The van der Waals surface area contributed by atoms with Crippen LogP contribution in [0.15, 0.2) is 54.6 Å². The number of halogens is 1. The fourth-order valence-corrected chi connectivity index (χ4v) is 4.90. The van der Waals surface area contributed by atoms with Crippen molar-refractivity contribution < 1.29 is 13.2 Å². The molecule has 0 atom stereocenters. The summed E-state index contributed by atoms with van der Waals surface area (Å²) in [5, 5.41) is 3.11. The lowest BCUT2D eigenvalue weighted by molar-refractivity contribution is 0.0954. The average Bonchev–Trinajstić information content (AvgIpc) is 2.72. The molecule has 28 heavy (non-hydrogen) atoms. The van der Waals surface area contributed by atoms with E-state index in [1.54, 1.807) is 28.6 Å². The molecule has 1 N–H and O–H groups in total. The van der Waals surface area contributed by atoms with E-state index in [1.165, 1.54) is 0 Å². The van der Waals surface area contributed by atoms with E-state index < -0.39 is 10.0 Å². The van der Waals surface area contributed by atoms with Crippen LogP contribution in [0.1, 0.15) is 16.8 Å². The van der Waals surface area contributed by atoms with E-state index in [-0.39, 0.29) is 18.2 Å². The van der Waals surface area contributed by atoms with Crippen molar-refractivity contribution in [2.75, 3.05) is 43.4 Å². The van der Waals surface area contributed by atoms with E-state index in [0.29, 0.717) is 43.2 Å². The molecule has 0 radical (unpaired) electrons. The summed E-state index contributed by atoms with van der Waals surface area (Å²) < 4.78 is 26.7. The number of hydrogen-bond donors (Lipinski definition) is 1. The highest BCUT2D eigenvalue weighted by Crippen LogP contribution is 2.17. The summed E-state index contributed by atoms with van der Waals surface area (Å²) in [7, 11) is -3.33. The van der Waals surface area contributed by atoms with E-state index in [1.807, 2.05) is 30.3 Å². The fourth-order valence-electron chi connectivity index (χ4n) is 3.19. The van der Waals surface area contributed by atoms with Gasteiger partial charge in [-0.2, -0.15) is 4.31 Å². The molecule has 0 spiro atoms. The number of piperazine rings is 1. The molecule has 1 amide bonds. The number of sulfonamides is 1. The van der Waals surface area contributed by atoms with Crippen molar-refractivity contribution in [3.05, 3.63) is 65.2 Å². The molecule has 8 heteroatoms. The minimum Gasteiger partial charge on any atom is -0.369 e. The van der Waals surface area contributed by atoms with Gasteiger partial charge in [-0.3, -0.25) is 4.79 Å². The number of nitrogens with zero attached hydrogens (tertiary/aromatic N) is 2. The first kappa shape index (κ1) is 20.6. The van der Waals surface area contributed by atoms with E-state index in [2.05, 4.69) is 10.2 Å². The Kier molecular flexibility index (Phi) is 6.93. The minimum atomic E-state index is -3.33. The van der Waals surface area contributed by atoms with Crippen molar-refractivity contribution in [1.82, 2.24) is 9.62 Å². The molecule has 2 aromatic rings. The Morgan fingerprint density at radius 1 is 0.964 bits per heavy atom. The Balaban J connectivity index is 1.43. The second kappa shape index (κ2) is 9.41. The summed E-state index contributed by atoms with van der Waals surface area (Å²) in [5.74, 6) is -0.277. The van der Waals surface area contributed by atoms with Crippen molar-refractivity contribution in [1.29, 1.82) is 0 Å². The summed E-state index contributed by atoms with van der Waals surface area (Å²) in [6.45, 7) is 2.58. The molecule has 1 fully saturated rings. The summed E-state index contributed by atoms with van der Waals surface area (Å²) in [6, 6.07) is 16.8. The molecule has 1 saturated heterocycles. The zero-order valence-corrected chi connectivity index (χ0v) is 17.1. The van der Waals surface area contributed by atoms with Gasteiger partial charge in [0.05, 0.1) is 16.3 Å². The van der Waals surface area contributed by atoms with Gasteiger partial charge in [0.25, 0.3) is 5.91 Å². The maximum absolute atomic E-state index is 12.6. The van der Waals surface area contributed by atoms with Gasteiger partial charge in [-0.1, -0.05) is 41.9 Å². The summed E-state index contributed by atoms with van der Waals surface area (Å²) >= 11 is 5.99. The van der Waals surface area contributed by atoms with E-state index >= 15 is 0 Å². The van der Waals surface area contributed by atoms with Crippen LogP contribution < -0.4 is 10.2 Å². The van der Waals surface area contributed by atoms with Gasteiger partial charge in [0, 0.05) is 38.4 Å². The molecule has 1 aliphatic rings. The predicted octanol–water partition coefficient (Wildman–Crippen LogP) is 2.61. The number of anilines is 1. The summed E-state index contributed by atoms with van der Waals surface area (Å²) in [6.07, 6.45) is 0.359. The van der Waals surface area contributed by atoms with Crippen LogP contribution in [0.4, 0.5) is 5.69 Å². The molecule has 1 heterocycles. The molecule has 0 unspecified atom stereocenters. The third-order valence-electron chi connectivity index (χ3n) is 4.74. The van der Waals surface area contributed by atoms with Gasteiger partial charge in [0.1, 0.15) is 0 Å². The van der Waals surface area contributed by atoms with Crippen LogP contribution in [-0.2, 0) is 10.0 Å². The Hall–Kier alpha value is -2.09. The molecular weight excluding hydrogens is 398 g/mol. The lowest BCUT2D eigenvalue weighted by Crippen LogP contribution is -2.49. The molecular formula is C20H24ClN3O3S. The Morgan fingerprint density at radius 2 is 1.61 bits per heavy atom. The van der Waals surface area contributed by atoms with Gasteiger partial charge < -0.3 is 10.2 Å². The molecule has 0 saturated carbocycles. The molecule has 0 aliphatic carbocycles. The van der Waals surface area contributed by atoms with Gasteiger partial charge in [-0.15, -0.1) is 0 Å². The van der Waals surface area contributed by atoms with Gasteiger partial charge >= 0.3 is 0 Å². The Bertz CT molecular complexity index is 898. The highest BCUT2D eigenvalue weighted by Gasteiger charge is 2.26. The maximum Gasteiger partial charge on any atom is 0.252 e. The summed E-state index contributed by atoms with van der Waals surface area (Å²) in [5.41, 5.74) is 1.51. The van der Waals surface area contributed by atoms with E-state index in [9.17, 15) is 13.2 Å². The summed E-state index contributed by atoms with van der Waals surface area (Å²) in [4.78, 5) is 14.3. The van der Waals surface area contributed by atoms with Crippen molar-refractivity contribution >= 4 is 33.2 Å². The lowest BCUT2D eigenvalue weighted by atomic mass is 10.2. The zero-order valence-electron chi connectivity index (χ0n) is 15.6. The highest BCUT2D eigenvalue weighted by molar-refractivity contribution is 7.89. The average molecular weight is 422 g/mol. The molecule has 0 bridgehead atoms. The molecule has 6 nitrogen and oxygen atoms in total. The van der Waals surface area contributed by atoms with Crippen LogP contribution in [0.2, 0.25) is 5.02 Å². The van der Waals surface area contributed by atoms with Crippen LogP contribution in [-0.4, -0.2) is 57.1 Å². The fraction of sp³-hybridized carbons (Fsp3) is 0.350. The van der Waals surface area contributed by atoms with Gasteiger partial charge in [-0.25, -0.2) is 8.42 Å². The molecule has 2 aromatic carbocycles. The van der Waals surface area contributed by atoms with Crippen LogP contribution in [0.25, 0.3) is 0 Å². The van der Waals surface area contributed by atoms with E-state index in [4.69, 9.17) is 11.6 Å². The van der Waals surface area contributed by atoms with Gasteiger partial charge in [0.15, 0.2) is 0 Å². The second-order valence-corrected chi connectivity index (χ2v) is 9.12. The van der Waals surface area contributed by atoms with Crippen molar-refractivity contribution in [3.63, 3.8) is 0 Å². The van der Waals surface area contributed by atoms with Crippen LogP contribution in [0.3, 0.4) is 0 Å². The van der Waals surface area contributed by atoms with Gasteiger partial charge in [0.2, 0.25) is 10.0 Å². The predicted molar refractivity (Wildman–Crippen MR) is 112 cm³/mol. The largest absolute Gasteiger partial charge is 0.369 e. The normalized spacial score (nSPS) is 15.4. The van der Waals surface area contributed by atoms with Crippen LogP contribution in [0, 0.1) is 0 Å². The second-order valence-electron chi connectivity index (χ2n) is 6.63. The Morgan fingerprint density at radius 3 is 2.29 bits per heavy atom. The Labute approximate surface area is 171 Å². The molecule has 150 valence electrons. The number of benzene rings is 2. The number of amides is 1. The van der Waals surface area contributed by atoms with Crippen molar-refractivity contribution in [3.8, 4) is 0 Å². The quantitative estimate of drug-likeness (QED) is 0.698. The first-order valence-corrected chi connectivity index (χ1v) is 11.3. The third kappa shape index (κ3) is 5.25. The third-order valence-corrected chi connectivity index (χ3v) is 7.02. The number of carbonyl (C=O) groups excluding carboxylic acids is 1. The van der Waals surface area contributed by atoms with E-state index in [0.717, 1.165) is 5.69 Å². The topological polar surface area (TPSA) is 69.7 Å². The number of rotatable bonds is 7. The SMILES string of the molecule is O=C(NCCCS(=O)(=O)N1CCN(c2ccccc2)CC1)c1ccccc1Cl. The van der Waals surface area contributed by atoms with Crippen molar-refractivity contribution in [2.45, 2.75) is 6.42 Å². The molecule has 1 aliphatic heterocycles. The zero-order chi connectivity index (χ0) is 20.0. The highest BCUT2D eigenvalue weighted by atomic mass is 35.5. The molecule has 0 aromatic heterocycles. The maximum atomic E-state index is 12.6. The number of para-hydroxylation sites is 1. The monoisotopic (exact) mass is 421 g/mol. The first-order valence-electron chi connectivity index (χ1n) is 9.28. The van der Waals surface area contributed by atoms with Crippen LogP contribution >= 0.6 is 11.6 Å². The van der Waals surface area contributed by atoms with Crippen molar-refractivity contribution in [2.24, 2.45) is 0 Å². The first-order chi connectivity index (χ1) is 13.5. The smallest absolute Gasteiger partial charge is 0.252 e. The number of nitrogens with one attached hydrogen (secondary N) is 1. The minimum absolute atomic E-state index is 0.0150. The number of hydrogen-bond acceptors (Lipinski definition) is 4. The molecule has 3 rings (SSSR count). The number of carbonyl (C=O) groups is 1. The lowest BCUT2D eigenvalue weighted by Gasteiger charge is -2.35. The van der Waals surface area contributed by atoms with Crippen LogP contribution in [0.5, 0.6) is 0 Å².